The Bertz CT molecular complexity index is 342. The second-order valence-electron chi connectivity index (χ2n) is 5.10. The molecule has 1 rings (SSSR count). The Morgan fingerprint density at radius 3 is 2.11 bits per heavy atom. The predicted molar refractivity (Wildman–Crippen MR) is 79.5 cm³/mol. The first kappa shape index (κ1) is 15.8. The molecule has 108 valence electrons. The van der Waals surface area contributed by atoms with E-state index in [0.29, 0.717) is 18.7 Å². The van der Waals surface area contributed by atoms with Gasteiger partial charge in [0.25, 0.3) is 0 Å². The Morgan fingerprint density at radius 1 is 1.05 bits per heavy atom. The number of hydrogen-bond donors (Lipinski definition) is 1. The van der Waals surface area contributed by atoms with Crippen LogP contribution in [-0.2, 0) is 4.84 Å². The molecule has 0 fully saturated rings. The molecule has 0 saturated heterocycles. The van der Waals surface area contributed by atoms with E-state index in [1.165, 1.54) is 0 Å². The van der Waals surface area contributed by atoms with Gasteiger partial charge >= 0.3 is 0 Å². The summed E-state index contributed by atoms with van der Waals surface area (Å²) >= 11 is 0. The van der Waals surface area contributed by atoms with Gasteiger partial charge in [0.2, 0.25) is 0 Å². The molecule has 0 spiro atoms. The zero-order valence-electron chi connectivity index (χ0n) is 12.6. The van der Waals surface area contributed by atoms with Gasteiger partial charge in [-0.3, -0.25) is 15.2 Å². The molecular formula is C15H26N2O2. The van der Waals surface area contributed by atoms with Gasteiger partial charge < -0.3 is 4.74 Å². The lowest BCUT2D eigenvalue weighted by atomic mass is 10.2. The maximum absolute atomic E-state index is 5.49. The molecule has 0 heterocycles. The lowest BCUT2D eigenvalue weighted by molar-refractivity contribution is 0.106. The van der Waals surface area contributed by atoms with Gasteiger partial charge in [0, 0.05) is 18.6 Å². The minimum absolute atomic E-state index is 0.532. The van der Waals surface area contributed by atoms with Crippen molar-refractivity contribution in [2.75, 3.05) is 25.7 Å². The first-order valence-electron chi connectivity index (χ1n) is 6.82. The summed E-state index contributed by atoms with van der Waals surface area (Å²) in [5.41, 5.74) is 3.88. The van der Waals surface area contributed by atoms with Crippen LogP contribution < -0.4 is 10.2 Å². The Kier molecular flexibility index (Phi) is 6.67. The van der Waals surface area contributed by atoms with Crippen LogP contribution in [0.5, 0.6) is 5.75 Å². The zero-order valence-corrected chi connectivity index (χ0v) is 12.6. The van der Waals surface area contributed by atoms with Crippen molar-refractivity contribution < 1.29 is 9.57 Å². The van der Waals surface area contributed by atoms with Crippen molar-refractivity contribution in [1.29, 1.82) is 0 Å². The summed E-state index contributed by atoms with van der Waals surface area (Å²) in [6.45, 7) is 10.4. The van der Waals surface area contributed by atoms with Gasteiger partial charge in [0.1, 0.15) is 5.75 Å². The molecule has 0 bridgehead atoms. The minimum Gasteiger partial charge on any atom is -0.497 e. The van der Waals surface area contributed by atoms with Crippen molar-refractivity contribution in [3.63, 3.8) is 0 Å². The van der Waals surface area contributed by atoms with Gasteiger partial charge in [-0.2, -0.15) is 0 Å². The quantitative estimate of drug-likeness (QED) is 0.579. The molecule has 4 heteroatoms. The first-order valence-corrected chi connectivity index (χ1v) is 6.82. The standard InChI is InChI=1S/C15H26N2O2/c1-12(2)17(13(3)4)10-11-19-16-14-6-8-15(18-5)9-7-14/h6-9,12-13,16H,10-11H2,1-5H3. The lowest BCUT2D eigenvalue weighted by Gasteiger charge is -2.30. The third kappa shape index (κ3) is 5.49. The average molecular weight is 266 g/mol. The molecule has 0 aliphatic carbocycles. The molecule has 4 nitrogen and oxygen atoms in total. The summed E-state index contributed by atoms with van der Waals surface area (Å²) in [4.78, 5) is 7.89. The van der Waals surface area contributed by atoms with Gasteiger partial charge in [-0.15, -0.1) is 0 Å². The van der Waals surface area contributed by atoms with Crippen LogP contribution in [0, 0.1) is 0 Å². The number of ether oxygens (including phenoxy) is 1. The third-order valence-corrected chi connectivity index (χ3v) is 3.06. The highest BCUT2D eigenvalue weighted by Gasteiger charge is 2.12. The fourth-order valence-corrected chi connectivity index (χ4v) is 2.06. The molecule has 0 atom stereocenters. The number of nitrogens with zero attached hydrogens (tertiary/aromatic N) is 1. The highest BCUT2D eigenvalue weighted by molar-refractivity contribution is 5.44. The maximum atomic E-state index is 5.49. The van der Waals surface area contributed by atoms with Crippen LogP contribution in [0.25, 0.3) is 0 Å². The van der Waals surface area contributed by atoms with Gasteiger partial charge in [0.05, 0.1) is 19.4 Å². The van der Waals surface area contributed by atoms with Crippen molar-refractivity contribution in [2.45, 2.75) is 39.8 Å². The van der Waals surface area contributed by atoms with Crippen LogP contribution in [0.2, 0.25) is 0 Å². The number of hydrogen-bond acceptors (Lipinski definition) is 4. The minimum atomic E-state index is 0.532. The van der Waals surface area contributed by atoms with Crippen LogP contribution in [0.3, 0.4) is 0 Å². The molecule has 1 aromatic carbocycles. The van der Waals surface area contributed by atoms with E-state index in [1.54, 1.807) is 7.11 Å². The second-order valence-corrected chi connectivity index (χ2v) is 5.10. The predicted octanol–water partition coefficient (Wildman–Crippen LogP) is 3.16. The summed E-state index contributed by atoms with van der Waals surface area (Å²) < 4.78 is 5.10. The maximum Gasteiger partial charge on any atom is 0.119 e. The van der Waals surface area contributed by atoms with Gasteiger partial charge in [-0.25, -0.2) is 0 Å². The highest BCUT2D eigenvalue weighted by Crippen LogP contribution is 2.14. The molecule has 0 aliphatic rings. The average Bonchev–Trinajstić information content (AvgIpc) is 2.38. The van der Waals surface area contributed by atoms with E-state index in [1.807, 2.05) is 24.3 Å². The lowest BCUT2D eigenvalue weighted by Crippen LogP contribution is -2.39. The number of anilines is 1. The fourth-order valence-electron chi connectivity index (χ4n) is 2.06. The normalized spacial score (nSPS) is 11.4. The Morgan fingerprint density at radius 2 is 1.63 bits per heavy atom. The van der Waals surface area contributed by atoms with Crippen LogP contribution in [0.15, 0.2) is 24.3 Å². The van der Waals surface area contributed by atoms with Crippen LogP contribution in [0.1, 0.15) is 27.7 Å². The molecule has 1 N–H and O–H groups in total. The summed E-state index contributed by atoms with van der Waals surface area (Å²) in [5.74, 6) is 0.844. The molecule has 19 heavy (non-hydrogen) atoms. The van der Waals surface area contributed by atoms with Crippen LogP contribution >= 0.6 is 0 Å². The SMILES string of the molecule is COc1ccc(NOCCN(C(C)C)C(C)C)cc1. The molecule has 0 unspecified atom stereocenters. The smallest absolute Gasteiger partial charge is 0.119 e. The Labute approximate surface area is 116 Å². The first-order chi connectivity index (χ1) is 9.04. The van der Waals surface area contributed by atoms with Crippen molar-refractivity contribution >= 4 is 5.69 Å². The molecule has 0 saturated carbocycles. The van der Waals surface area contributed by atoms with E-state index in [9.17, 15) is 0 Å². The van der Waals surface area contributed by atoms with Crippen molar-refractivity contribution in [1.82, 2.24) is 4.90 Å². The summed E-state index contributed by atoms with van der Waals surface area (Å²) in [7, 11) is 1.66. The summed E-state index contributed by atoms with van der Waals surface area (Å²) in [6, 6.07) is 8.73. The van der Waals surface area contributed by atoms with E-state index < -0.39 is 0 Å². The van der Waals surface area contributed by atoms with Gasteiger partial charge in [-0.05, 0) is 52.0 Å². The Hall–Kier alpha value is -1.26. The van der Waals surface area contributed by atoms with Crippen molar-refractivity contribution in [3.8, 4) is 5.75 Å². The number of rotatable bonds is 8. The zero-order chi connectivity index (χ0) is 14.3. The van der Waals surface area contributed by atoms with E-state index in [2.05, 4.69) is 38.1 Å². The van der Waals surface area contributed by atoms with Gasteiger partial charge in [0.15, 0.2) is 0 Å². The largest absolute Gasteiger partial charge is 0.497 e. The van der Waals surface area contributed by atoms with Gasteiger partial charge in [-0.1, -0.05) is 0 Å². The van der Waals surface area contributed by atoms with E-state index in [0.717, 1.165) is 18.0 Å². The third-order valence-electron chi connectivity index (χ3n) is 3.06. The topological polar surface area (TPSA) is 33.7 Å². The molecule has 0 aromatic heterocycles. The molecule has 0 radical (unpaired) electrons. The summed E-state index contributed by atoms with van der Waals surface area (Å²) in [5, 5.41) is 0. The molecule has 0 aliphatic heterocycles. The molecule has 1 aromatic rings. The fraction of sp³-hybridized carbons (Fsp3) is 0.600. The number of nitrogens with one attached hydrogen (secondary N) is 1. The van der Waals surface area contributed by atoms with Crippen LogP contribution in [0.4, 0.5) is 5.69 Å². The van der Waals surface area contributed by atoms with Crippen molar-refractivity contribution in [2.24, 2.45) is 0 Å². The highest BCUT2D eigenvalue weighted by atomic mass is 16.6. The number of methoxy groups -OCH3 is 1. The second kappa shape index (κ2) is 8.02. The van der Waals surface area contributed by atoms with E-state index in [4.69, 9.17) is 9.57 Å². The molecule has 0 amide bonds. The molecular weight excluding hydrogens is 240 g/mol. The number of benzene rings is 1. The Balaban J connectivity index is 2.29. The van der Waals surface area contributed by atoms with Crippen LogP contribution in [-0.4, -0.2) is 37.2 Å². The monoisotopic (exact) mass is 266 g/mol. The summed E-state index contributed by atoms with van der Waals surface area (Å²) in [6.07, 6.45) is 0. The van der Waals surface area contributed by atoms with E-state index >= 15 is 0 Å². The van der Waals surface area contributed by atoms with E-state index in [-0.39, 0.29) is 0 Å². The van der Waals surface area contributed by atoms with Crippen molar-refractivity contribution in [3.05, 3.63) is 24.3 Å².